The van der Waals surface area contributed by atoms with Crippen LogP contribution in [0, 0.1) is 5.92 Å². The van der Waals surface area contributed by atoms with Gasteiger partial charge in [-0.15, -0.1) is 0 Å². The molecule has 1 atom stereocenters. The molecule has 0 spiro atoms. The van der Waals surface area contributed by atoms with Crippen molar-refractivity contribution in [3.63, 3.8) is 0 Å². The van der Waals surface area contributed by atoms with Crippen LogP contribution in [0.25, 0.3) is 0 Å². The largest absolute Gasteiger partial charge is 0.496 e. The van der Waals surface area contributed by atoms with Crippen molar-refractivity contribution < 1.29 is 4.74 Å². The predicted octanol–water partition coefficient (Wildman–Crippen LogP) is 2.39. The standard InChI is InChI=1S/C13H21NO/c1-4-12-8-11(7-10(2)9-14)5-6-13(12)15-3/h5-6,8,10H,4,7,9,14H2,1-3H3. The summed E-state index contributed by atoms with van der Waals surface area (Å²) >= 11 is 0. The Balaban J connectivity index is 2.83. The first-order valence-corrected chi connectivity index (χ1v) is 5.57. The number of hydrogen-bond donors (Lipinski definition) is 1. The van der Waals surface area contributed by atoms with E-state index >= 15 is 0 Å². The van der Waals surface area contributed by atoms with Crippen molar-refractivity contribution in [1.29, 1.82) is 0 Å². The van der Waals surface area contributed by atoms with E-state index in [2.05, 4.69) is 32.0 Å². The van der Waals surface area contributed by atoms with E-state index in [9.17, 15) is 0 Å². The van der Waals surface area contributed by atoms with Gasteiger partial charge in [-0.05, 0) is 42.5 Å². The molecule has 1 aromatic rings. The maximum absolute atomic E-state index is 5.62. The summed E-state index contributed by atoms with van der Waals surface area (Å²) in [5.41, 5.74) is 8.25. The molecule has 0 aromatic heterocycles. The van der Waals surface area contributed by atoms with Crippen LogP contribution in [-0.4, -0.2) is 13.7 Å². The van der Waals surface area contributed by atoms with Crippen molar-refractivity contribution in [2.24, 2.45) is 11.7 Å². The summed E-state index contributed by atoms with van der Waals surface area (Å²) in [5, 5.41) is 0. The lowest BCUT2D eigenvalue weighted by molar-refractivity contribution is 0.410. The van der Waals surface area contributed by atoms with Crippen LogP contribution in [0.15, 0.2) is 18.2 Å². The fourth-order valence-corrected chi connectivity index (χ4v) is 1.72. The monoisotopic (exact) mass is 207 g/mol. The van der Waals surface area contributed by atoms with Crippen molar-refractivity contribution in [2.45, 2.75) is 26.7 Å². The Labute approximate surface area is 92.4 Å². The normalized spacial score (nSPS) is 12.5. The second-order valence-electron chi connectivity index (χ2n) is 4.04. The number of methoxy groups -OCH3 is 1. The second-order valence-corrected chi connectivity index (χ2v) is 4.04. The molecule has 2 N–H and O–H groups in total. The Bertz CT molecular complexity index is 309. The average molecular weight is 207 g/mol. The number of hydrogen-bond acceptors (Lipinski definition) is 2. The Morgan fingerprint density at radius 3 is 2.67 bits per heavy atom. The number of ether oxygens (including phenoxy) is 1. The van der Waals surface area contributed by atoms with E-state index in [0.717, 1.165) is 25.1 Å². The smallest absolute Gasteiger partial charge is 0.122 e. The molecule has 1 unspecified atom stereocenters. The minimum Gasteiger partial charge on any atom is -0.496 e. The van der Waals surface area contributed by atoms with Crippen LogP contribution < -0.4 is 10.5 Å². The molecule has 0 heterocycles. The van der Waals surface area contributed by atoms with E-state index in [4.69, 9.17) is 10.5 Å². The highest BCUT2D eigenvalue weighted by molar-refractivity contribution is 5.37. The molecule has 84 valence electrons. The van der Waals surface area contributed by atoms with Gasteiger partial charge < -0.3 is 10.5 Å². The fraction of sp³-hybridized carbons (Fsp3) is 0.538. The molecule has 0 aliphatic rings. The summed E-state index contributed by atoms with van der Waals surface area (Å²) in [6, 6.07) is 6.41. The van der Waals surface area contributed by atoms with Gasteiger partial charge in [0.05, 0.1) is 7.11 Å². The summed E-state index contributed by atoms with van der Waals surface area (Å²) in [6.07, 6.45) is 2.06. The summed E-state index contributed by atoms with van der Waals surface area (Å²) in [5.74, 6) is 1.53. The van der Waals surface area contributed by atoms with Crippen molar-refractivity contribution in [3.8, 4) is 5.75 Å². The van der Waals surface area contributed by atoms with Crippen LogP contribution in [0.4, 0.5) is 0 Å². The molecule has 2 nitrogen and oxygen atoms in total. The minimum atomic E-state index is 0.545. The van der Waals surface area contributed by atoms with Gasteiger partial charge in [-0.2, -0.15) is 0 Å². The van der Waals surface area contributed by atoms with Gasteiger partial charge in [0.15, 0.2) is 0 Å². The molecular weight excluding hydrogens is 186 g/mol. The van der Waals surface area contributed by atoms with Crippen LogP contribution in [0.1, 0.15) is 25.0 Å². The number of benzene rings is 1. The van der Waals surface area contributed by atoms with Crippen LogP contribution in [0.5, 0.6) is 5.75 Å². The topological polar surface area (TPSA) is 35.2 Å². The van der Waals surface area contributed by atoms with Gasteiger partial charge in [-0.25, -0.2) is 0 Å². The highest BCUT2D eigenvalue weighted by Gasteiger charge is 2.05. The van der Waals surface area contributed by atoms with Crippen molar-refractivity contribution in [1.82, 2.24) is 0 Å². The highest BCUT2D eigenvalue weighted by atomic mass is 16.5. The van der Waals surface area contributed by atoms with E-state index in [-0.39, 0.29) is 0 Å². The van der Waals surface area contributed by atoms with Crippen LogP contribution in [0.3, 0.4) is 0 Å². The lowest BCUT2D eigenvalue weighted by Gasteiger charge is -2.12. The van der Waals surface area contributed by atoms with E-state index in [1.54, 1.807) is 7.11 Å². The third-order valence-corrected chi connectivity index (χ3v) is 2.71. The van der Waals surface area contributed by atoms with Gasteiger partial charge in [-0.3, -0.25) is 0 Å². The Morgan fingerprint density at radius 1 is 1.40 bits per heavy atom. The first-order valence-electron chi connectivity index (χ1n) is 5.57. The maximum atomic E-state index is 5.62. The third kappa shape index (κ3) is 3.24. The molecular formula is C13H21NO. The third-order valence-electron chi connectivity index (χ3n) is 2.71. The van der Waals surface area contributed by atoms with E-state index in [1.165, 1.54) is 11.1 Å². The van der Waals surface area contributed by atoms with Crippen molar-refractivity contribution in [3.05, 3.63) is 29.3 Å². The molecule has 15 heavy (non-hydrogen) atoms. The van der Waals surface area contributed by atoms with E-state index in [0.29, 0.717) is 5.92 Å². The van der Waals surface area contributed by atoms with E-state index in [1.807, 2.05) is 0 Å². The van der Waals surface area contributed by atoms with Gasteiger partial charge >= 0.3 is 0 Å². The van der Waals surface area contributed by atoms with Gasteiger partial charge in [0, 0.05) is 0 Å². The zero-order valence-corrected chi connectivity index (χ0v) is 9.92. The van der Waals surface area contributed by atoms with Crippen LogP contribution >= 0.6 is 0 Å². The number of nitrogens with two attached hydrogens (primary N) is 1. The average Bonchev–Trinajstić information content (AvgIpc) is 2.28. The van der Waals surface area contributed by atoms with Crippen LogP contribution in [0.2, 0.25) is 0 Å². The maximum Gasteiger partial charge on any atom is 0.122 e. The molecule has 0 amide bonds. The Hall–Kier alpha value is -1.02. The lowest BCUT2D eigenvalue weighted by atomic mass is 9.98. The van der Waals surface area contributed by atoms with Crippen molar-refractivity contribution in [2.75, 3.05) is 13.7 Å². The molecule has 0 radical (unpaired) electrons. The fourth-order valence-electron chi connectivity index (χ4n) is 1.72. The molecule has 0 saturated heterocycles. The molecule has 1 aromatic carbocycles. The number of aryl methyl sites for hydroxylation is 1. The van der Waals surface area contributed by atoms with Crippen LogP contribution in [-0.2, 0) is 12.8 Å². The summed E-state index contributed by atoms with van der Waals surface area (Å²) in [7, 11) is 1.72. The van der Waals surface area contributed by atoms with E-state index < -0.39 is 0 Å². The summed E-state index contributed by atoms with van der Waals surface area (Å²) in [6.45, 7) is 5.07. The molecule has 0 bridgehead atoms. The molecule has 0 fully saturated rings. The molecule has 0 saturated carbocycles. The molecule has 0 aliphatic carbocycles. The lowest BCUT2D eigenvalue weighted by Crippen LogP contribution is -2.13. The zero-order chi connectivity index (χ0) is 11.3. The SMILES string of the molecule is CCc1cc(CC(C)CN)ccc1OC. The first-order chi connectivity index (χ1) is 7.21. The predicted molar refractivity (Wildman–Crippen MR) is 64.3 cm³/mol. The van der Waals surface area contributed by atoms with Gasteiger partial charge in [0.25, 0.3) is 0 Å². The molecule has 1 rings (SSSR count). The Morgan fingerprint density at radius 2 is 2.13 bits per heavy atom. The molecule has 0 aliphatic heterocycles. The summed E-state index contributed by atoms with van der Waals surface area (Å²) < 4.78 is 5.30. The van der Waals surface area contributed by atoms with Gasteiger partial charge in [0.1, 0.15) is 5.75 Å². The summed E-state index contributed by atoms with van der Waals surface area (Å²) in [4.78, 5) is 0. The van der Waals surface area contributed by atoms with Gasteiger partial charge in [0.2, 0.25) is 0 Å². The first kappa shape index (κ1) is 12.1. The zero-order valence-electron chi connectivity index (χ0n) is 9.92. The second kappa shape index (κ2) is 5.76. The number of rotatable bonds is 5. The Kier molecular flexibility index (Phi) is 4.63. The van der Waals surface area contributed by atoms with Gasteiger partial charge in [-0.1, -0.05) is 26.0 Å². The molecule has 2 heteroatoms. The quantitative estimate of drug-likeness (QED) is 0.804. The van der Waals surface area contributed by atoms with Crippen molar-refractivity contribution >= 4 is 0 Å². The minimum absolute atomic E-state index is 0.545. The highest BCUT2D eigenvalue weighted by Crippen LogP contribution is 2.21.